The number of hydrogen-bond donors (Lipinski definition) is 1. The predicted octanol–water partition coefficient (Wildman–Crippen LogP) is 0.904. The van der Waals surface area contributed by atoms with Crippen LogP contribution in [0.3, 0.4) is 0 Å². The second-order valence-electron chi connectivity index (χ2n) is 3.55. The summed E-state index contributed by atoms with van der Waals surface area (Å²) in [4.78, 5) is 11.7. The first-order chi connectivity index (χ1) is 7.84. The fourth-order valence-electron chi connectivity index (χ4n) is 1.73. The molecule has 0 aliphatic heterocycles. The highest BCUT2D eigenvalue weighted by molar-refractivity contribution is 5.43. The van der Waals surface area contributed by atoms with E-state index in [2.05, 4.69) is 5.10 Å². The molecule has 0 radical (unpaired) electrons. The van der Waals surface area contributed by atoms with Gasteiger partial charge in [-0.1, -0.05) is 22.9 Å². The highest BCUT2D eigenvalue weighted by Gasteiger charge is 2.09. The molecule has 78 valence electrons. The topological polar surface area (TPSA) is 41.2 Å². The Morgan fingerprint density at radius 3 is 2.69 bits per heavy atom. The van der Waals surface area contributed by atoms with Gasteiger partial charge in [0, 0.05) is 18.3 Å². The van der Waals surface area contributed by atoms with E-state index in [0.29, 0.717) is 0 Å². The van der Waals surface area contributed by atoms with Gasteiger partial charge in [0.2, 0.25) is 11.9 Å². The van der Waals surface area contributed by atoms with Crippen LogP contribution < -0.4 is 10.4 Å². The molecule has 3 rings (SSSR count). The third-order valence-corrected chi connectivity index (χ3v) is 2.51. The number of fused-ring (bicyclic) bond motifs is 1. The average molecular weight is 212 g/mol. The van der Waals surface area contributed by atoms with Gasteiger partial charge in [-0.05, 0) is 12.1 Å². The van der Waals surface area contributed by atoms with Crippen molar-refractivity contribution in [1.29, 1.82) is 0 Å². The maximum Gasteiger partial charge on any atom is 0.379 e. The van der Waals surface area contributed by atoms with E-state index < -0.39 is 0 Å². The molecule has 0 aliphatic rings. The van der Waals surface area contributed by atoms with Crippen molar-refractivity contribution in [3.63, 3.8) is 0 Å². The van der Waals surface area contributed by atoms with Crippen molar-refractivity contribution in [2.24, 2.45) is 0 Å². The molecular formula is C12H10N3O+. The van der Waals surface area contributed by atoms with E-state index in [1.165, 1.54) is 0 Å². The molecule has 16 heavy (non-hydrogen) atoms. The minimum Gasteiger partial charge on any atom is -0.260 e. The second-order valence-corrected chi connectivity index (χ2v) is 3.55. The van der Waals surface area contributed by atoms with Gasteiger partial charge in [0.25, 0.3) is 0 Å². The zero-order valence-corrected chi connectivity index (χ0v) is 8.50. The summed E-state index contributed by atoms with van der Waals surface area (Å²) in [6, 6.07) is 13.4. The number of nitrogens with zero attached hydrogens (tertiary/aromatic N) is 2. The van der Waals surface area contributed by atoms with Crippen LogP contribution in [0.25, 0.3) is 11.2 Å². The molecular weight excluding hydrogens is 202 g/mol. The van der Waals surface area contributed by atoms with Gasteiger partial charge < -0.3 is 0 Å². The lowest BCUT2D eigenvalue weighted by molar-refractivity contribution is -0.660. The number of rotatable bonds is 1. The number of benzene rings is 1. The Morgan fingerprint density at radius 2 is 1.88 bits per heavy atom. The van der Waals surface area contributed by atoms with Crippen LogP contribution in [0.2, 0.25) is 0 Å². The highest BCUT2D eigenvalue weighted by Crippen LogP contribution is 1.99. The van der Waals surface area contributed by atoms with Gasteiger partial charge in [0.05, 0.1) is 0 Å². The Morgan fingerprint density at radius 1 is 1.06 bits per heavy atom. The van der Waals surface area contributed by atoms with Crippen molar-refractivity contribution in [3.8, 4) is 5.69 Å². The lowest BCUT2D eigenvalue weighted by Gasteiger charge is -1.95. The quantitative estimate of drug-likeness (QED) is 0.598. The SMILES string of the molecule is O=c1[nH][n+](-c2ccccc2)cc2cccn12. The minimum atomic E-state index is -0.147. The standard InChI is InChI=1S/C12H9N3O/c16-12-13-15(10-5-2-1-3-6-10)9-11-7-4-8-14(11)12/h1-9H/p+1. The van der Waals surface area contributed by atoms with E-state index in [-0.39, 0.29) is 5.69 Å². The highest BCUT2D eigenvalue weighted by atomic mass is 16.1. The van der Waals surface area contributed by atoms with Gasteiger partial charge in [-0.15, -0.1) is 5.10 Å². The normalized spacial score (nSPS) is 10.8. The minimum absolute atomic E-state index is 0.147. The molecule has 0 saturated heterocycles. The molecule has 0 atom stereocenters. The van der Waals surface area contributed by atoms with Gasteiger partial charge in [-0.25, -0.2) is 4.79 Å². The molecule has 3 aromatic rings. The lowest BCUT2D eigenvalue weighted by Crippen LogP contribution is -2.42. The number of H-pyrrole nitrogens is 1. The molecule has 4 nitrogen and oxygen atoms in total. The summed E-state index contributed by atoms with van der Waals surface area (Å²) < 4.78 is 3.29. The van der Waals surface area contributed by atoms with Crippen LogP contribution in [0.15, 0.2) is 59.7 Å². The summed E-state index contributed by atoms with van der Waals surface area (Å²) in [6.45, 7) is 0. The van der Waals surface area contributed by atoms with E-state index >= 15 is 0 Å². The second kappa shape index (κ2) is 3.34. The molecule has 2 aromatic heterocycles. The Hall–Kier alpha value is -2.36. The van der Waals surface area contributed by atoms with Gasteiger partial charge >= 0.3 is 5.69 Å². The van der Waals surface area contributed by atoms with Gasteiger partial charge in [-0.3, -0.25) is 4.40 Å². The maximum atomic E-state index is 11.7. The van der Waals surface area contributed by atoms with Crippen LogP contribution in [0, 0.1) is 0 Å². The van der Waals surface area contributed by atoms with Crippen molar-refractivity contribution in [2.45, 2.75) is 0 Å². The van der Waals surface area contributed by atoms with Crippen LogP contribution in [0.1, 0.15) is 0 Å². The predicted molar refractivity (Wildman–Crippen MR) is 59.5 cm³/mol. The Balaban J connectivity index is 2.30. The molecule has 4 heteroatoms. The zero-order valence-electron chi connectivity index (χ0n) is 8.50. The van der Waals surface area contributed by atoms with Crippen LogP contribution >= 0.6 is 0 Å². The van der Waals surface area contributed by atoms with Crippen molar-refractivity contribution in [1.82, 2.24) is 9.50 Å². The first-order valence-electron chi connectivity index (χ1n) is 5.02. The van der Waals surface area contributed by atoms with E-state index in [9.17, 15) is 4.79 Å². The molecule has 0 spiro atoms. The zero-order chi connectivity index (χ0) is 11.0. The monoisotopic (exact) mass is 212 g/mol. The van der Waals surface area contributed by atoms with E-state index in [1.54, 1.807) is 15.3 Å². The van der Waals surface area contributed by atoms with Crippen LogP contribution in [0.5, 0.6) is 0 Å². The molecule has 1 aromatic carbocycles. The van der Waals surface area contributed by atoms with Crippen molar-refractivity contribution >= 4 is 5.52 Å². The number of aromatic nitrogens is 3. The van der Waals surface area contributed by atoms with Gasteiger partial charge in [0.15, 0.2) is 0 Å². The van der Waals surface area contributed by atoms with Crippen LogP contribution in [0.4, 0.5) is 0 Å². The summed E-state index contributed by atoms with van der Waals surface area (Å²) in [5.41, 5.74) is 1.65. The van der Waals surface area contributed by atoms with E-state index in [4.69, 9.17) is 0 Å². The molecule has 0 bridgehead atoms. The fourth-order valence-corrected chi connectivity index (χ4v) is 1.73. The Labute approximate surface area is 91.4 Å². The largest absolute Gasteiger partial charge is 0.379 e. The third kappa shape index (κ3) is 1.32. The summed E-state index contributed by atoms with van der Waals surface area (Å²) >= 11 is 0. The van der Waals surface area contributed by atoms with Crippen LogP contribution in [-0.4, -0.2) is 9.50 Å². The average Bonchev–Trinajstić information content (AvgIpc) is 2.79. The fraction of sp³-hybridized carbons (Fsp3) is 0. The number of aromatic amines is 1. The Kier molecular flexibility index (Phi) is 1.86. The molecule has 0 aliphatic carbocycles. The smallest absolute Gasteiger partial charge is 0.260 e. The lowest BCUT2D eigenvalue weighted by atomic mass is 10.3. The Bertz CT molecular complexity index is 682. The number of para-hydroxylation sites is 1. The molecule has 2 heterocycles. The van der Waals surface area contributed by atoms with E-state index in [1.807, 2.05) is 48.7 Å². The van der Waals surface area contributed by atoms with Crippen molar-refractivity contribution in [2.75, 3.05) is 0 Å². The molecule has 0 unspecified atom stereocenters. The van der Waals surface area contributed by atoms with Gasteiger partial charge in [0.1, 0.15) is 5.52 Å². The van der Waals surface area contributed by atoms with Crippen LogP contribution in [-0.2, 0) is 0 Å². The summed E-state index contributed by atoms with van der Waals surface area (Å²) in [5.74, 6) is 0. The maximum absolute atomic E-state index is 11.7. The van der Waals surface area contributed by atoms with Gasteiger partial charge in [-0.2, -0.15) is 0 Å². The summed E-state index contributed by atoms with van der Waals surface area (Å²) in [7, 11) is 0. The molecule has 1 N–H and O–H groups in total. The summed E-state index contributed by atoms with van der Waals surface area (Å²) in [5, 5.41) is 2.78. The third-order valence-electron chi connectivity index (χ3n) is 2.51. The molecule has 0 fully saturated rings. The summed E-state index contributed by atoms with van der Waals surface area (Å²) in [6.07, 6.45) is 3.63. The van der Waals surface area contributed by atoms with E-state index in [0.717, 1.165) is 11.2 Å². The first kappa shape index (κ1) is 8.91. The van der Waals surface area contributed by atoms with Crippen molar-refractivity contribution in [3.05, 3.63) is 65.3 Å². The van der Waals surface area contributed by atoms with Crippen molar-refractivity contribution < 1.29 is 4.68 Å². The number of hydrogen-bond acceptors (Lipinski definition) is 1. The molecule has 0 saturated carbocycles. The molecule has 0 amide bonds. The number of nitrogens with one attached hydrogen (secondary N) is 1. The first-order valence-corrected chi connectivity index (χ1v) is 5.02.